The summed E-state index contributed by atoms with van der Waals surface area (Å²) in [4.78, 5) is 0. The summed E-state index contributed by atoms with van der Waals surface area (Å²) in [6.07, 6.45) is 0. The van der Waals surface area contributed by atoms with Gasteiger partial charge in [0.05, 0.1) is 0 Å². The maximum atomic E-state index is 3.41. The molecule has 0 aliphatic carbocycles. The van der Waals surface area contributed by atoms with Gasteiger partial charge in [0.25, 0.3) is 0 Å². The van der Waals surface area contributed by atoms with Crippen LogP contribution in [-0.2, 0) is 0 Å². The summed E-state index contributed by atoms with van der Waals surface area (Å²) >= 11 is 5.14. The molecule has 0 saturated carbocycles. The van der Waals surface area contributed by atoms with E-state index in [0.717, 1.165) is 0 Å². The average Bonchev–Trinajstić information content (AvgIpc) is 1.77. The molecule has 0 aliphatic heterocycles. The van der Waals surface area contributed by atoms with Crippen molar-refractivity contribution in [2.75, 3.05) is 0 Å². The molecule has 0 heterocycles. The van der Waals surface area contributed by atoms with Gasteiger partial charge in [-0.25, -0.2) is 0 Å². The fourth-order valence-electron chi connectivity index (χ4n) is 0.452. The molecule has 0 amide bonds. The van der Waals surface area contributed by atoms with E-state index in [2.05, 4.69) is 22.0 Å². The minimum absolute atomic E-state index is 1.20. The molecule has 40 valence electrons. The fraction of sp³-hybridized carbons (Fsp3) is 0. The quantitative estimate of drug-likeness (QED) is 0.626. The van der Waals surface area contributed by atoms with Crippen LogP contribution in [0.5, 0.6) is 0 Å². The first-order valence-electron chi connectivity index (χ1n) is 2.24. The summed E-state index contributed by atoms with van der Waals surface area (Å²) in [6.45, 7) is 0. The summed E-state index contributed by atoms with van der Waals surface area (Å²) < 4.78 is 2.54. The third-order valence-corrected chi connectivity index (χ3v) is 3.57. The number of hydrogen-bond donors (Lipinski definition) is 0. The molecule has 2 radical (unpaired) electrons. The molecule has 0 atom stereocenters. The predicted molar refractivity (Wildman–Crippen MR) is 39.5 cm³/mol. The summed E-state index contributed by atoms with van der Waals surface area (Å²) in [6, 6.07) is 8.20. The Labute approximate surface area is 70.9 Å². The van der Waals surface area contributed by atoms with Gasteiger partial charge in [0.1, 0.15) is 0 Å². The van der Waals surface area contributed by atoms with E-state index in [0.29, 0.717) is 0 Å². The van der Waals surface area contributed by atoms with E-state index in [4.69, 9.17) is 0 Å². The van der Waals surface area contributed by atoms with Crippen LogP contribution in [0, 0.1) is 0 Å². The topological polar surface area (TPSA) is 0 Å². The van der Waals surface area contributed by atoms with Gasteiger partial charge in [-0.15, -0.1) is 0 Å². The molecule has 0 fully saturated rings. The molecule has 0 aromatic heterocycles. The van der Waals surface area contributed by atoms with Crippen LogP contribution in [0.15, 0.2) is 28.7 Å². The van der Waals surface area contributed by atoms with Crippen molar-refractivity contribution < 1.29 is 0 Å². The van der Waals surface area contributed by atoms with Crippen molar-refractivity contribution in [1.82, 2.24) is 0 Å². The predicted octanol–water partition coefficient (Wildman–Crippen LogP) is 1.24. The second-order valence-electron chi connectivity index (χ2n) is 1.45. The first kappa shape index (κ1) is 6.64. The van der Waals surface area contributed by atoms with Crippen LogP contribution in [0.2, 0.25) is 0 Å². The first-order chi connectivity index (χ1) is 3.80. The average molecular weight is 278 g/mol. The molecule has 0 unspecified atom stereocenters. The van der Waals surface area contributed by atoms with Gasteiger partial charge in [-0.05, 0) is 0 Å². The zero-order chi connectivity index (χ0) is 5.98. The van der Waals surface area contributed by atoms with Crippen molar-refractivity contribution in [2.45, 2.75) is 0 Å². The van der Waals surface area contributed by atoms with Crippen molar-refractivity contribution in [3.63, 3.8) is 0 Å². The summed E-state index contributed by atoms with van der Waals surface area (Å²) in [5.74, 6) is 0. The Bertz CT molecular complexity index is 165. The monoisotopic (exact) mass is 276 g/mol. The zero-order valence-corrected chi connectivity index (χ0v) is 8.27. The van der Waals surface area contributed by atoms with Crippen LogP contribution < -0.4 is 3.51 Å². The van der Waals surface area contributed by atoms with Gasteiger partial charge in [0.2, 0.25) is 0 Å². The van der Waals surface area contributed by atoms with E-state index < -0.39 is 0 Å². The van der Waals surface area contributed by atoms with E-state index in [9.17, 15) is 0 Å². The first-order valence-corrected chi connectivity index (χ1v) is 4.31. The summed E-state index contributed by atoms with van der Waals surface area (Å²) in [5, 5.41) is 0. The van der Waals surface area contributed by atoms with Crippen molar-refractivity contribution in [1.29, 1.82) is 0 Å². The standard InChI is InChI=1S/C6H4Br.Sb/c7-6-4-2-1-3-5-6;/h1-4H;. The Kier molecular flexibility index (Phi) is 2.39. The SMILES string of the molecule is Brc1cccc[c]1[Sb]. The van der Waals surface area contributed by atoms with E-state index in [-0.39, 0.29) is 0 Å². The number of halogens is 1. The van der Waals surface area contributed by atoms with Gasteiger partial charge in [-0.2, -0.15) is 0 Å². The molecule has 1 aromatic carbocycles. The minimum atomic E-state index is 1.20. The third kappa shape index (κ3) is 1.50. The van der Waals surface area contributed by atoms with Crippen molar-refractivity contribution in [2.24, 2.45) is 0 Å². The second kappa shape index (κ2) is 2.89. The second-order valence-corrected chi connectivity index (χ2v) is 3.68. The molecule has 0 N–H and O–H groups in total. The van der Waals surface area contributed by atoms with Crippen LogP contribution in [0.4, 0.5) is 0 Å². The van der Waals surface area contributed by atoms with Gasteiger partial charge in [-0.3, -0.25) is 0 Å². The van der Waals surface area contributed by atoms with E-state index in [1.54, 1.807) is 23.0 Å². The molecule has 0 saturated heterocycles. The molecule has 1 rings (SSSR count). The van der Waals surface area contributed by atoms with Crippen LogP contribution in [0.3, 0.4) is 0 Å². The number of benzene rings is 1. The van der Waals surface area contributed by atoms with Gasteiger partial charge in [0, 0.05) is 0 Å². The van der Waals surface area contributed by atoms with Gasteiger partial charge in [-0.1, -0.05) is 0 Å². The van der Waals surface area contributed by atoms with E-state index in [1.165, 1.54) is 7.98 Å². The van der Waals surface area contributed by atoms with Crippen LogP contribution in [-0.4, -0.2) is 23.0 Å². The van der Waals surface area contributed by atoms with E-state index >= 15 is 0 Å². The fourth-order valence-corrected chi connectivity index (χ4v) is 1.19. The molecule has 0 aliphatic rings. The van der Waals surface area contributed by atoms with Crippen LogP contribution in [0.25, 0.3) is 0 Å². The third-order valence-electron chi connectivity index (χ3n) is 0.852. The van der Waals surface area contributed by atoms with Crippen LogP contribution >= 0.6 is 15.9 Å². The van der Waals surface area contributed by atoms with E-state index in [1.807, 2.05) is 18.2 Å². The summed E-state index contributed by atoms with van der Waals surface area (Å²) in [5.41, 5.74) is 0. The Morgan fingerprint density at radius 2 is 1.88 bits per heavy atom. The molecular weight excluding hydrogens is 274 g/mol. The molecule has 0 bridgehead atoms. The molecule has 8 heavy (non-hydrogen) atoms. The molecule has 1 aromatic rings. The van der Waals surface area contributed by atoms with Crippen LogP contribution in [0.1, 0.15) is 0 Å². The van der Waals surface area contributed by atoms with Crippen molar-refractivity contribution >= 4 is 42.5 Å². The zero-order valence-electron chi connectivity index (χ0n) is 4.13. The molecule has 2 heteroatoms. The molecule has 0 nitrogen and oxygen atoms in total. The Morgan fingerprint density at radius 1 is 1.25 bits per heavy atom. The van der Waals surface area contributed by atoms with Gasteiger partial charge in [0.15, 0.2) is 0 Å². The van der Waals surface area contributed by atoms with Crippen molar-refractivity contribution in [3.8, 4) is 0 Å². The van der Waals surface area contributed by atoms with Gasteiger partial charge >= 0.3 is 71.2 Å². The molecule has 0 spiro atoms. The Hall–Kier alpha value is 0.518. The Balaban J connectivity index is 3.13. The van der Waals surface area contributed by atoms with Crippen molar-refractivity contribution in [3.05, 3.63) is 28.7 Å². The number of rotatable bonds is 0. The summed E-state index contributed by atoms with van der Waals surface area (Å²) in [7, 11) is 0. The molecular formula is C6H4BrSb. The Morgan fingerprint density at radius 3 is 2.25 bits per heavy atom. The normalized spacial score (nSPS) is 9.25. The number of hydrogen-bond acceptors (Lipinski definition) is 0. The maximum absolute atomic E-state index is 3.41. The van der Waals surface area contributed by atoms with Gasteiger partial charge < -0.3 is 0 Å².